The van der Waals surface area contributed by atoms with Gasteiger partial charge in [0, 0.05) is 0 Å². The molecule has 9 nitrogen and oxygen atoms in total. The van der Waals surface area contributed by atoms with Crippen LogP contribution in [0.5, 0.6) is 0 Å². The zero-order valence-electron chi connectivity index (χ0n) is 12.0. The summed E-state index contributed by atoms with van der Waals surface area (Å²) in [6.07, 6.45) is 1.41. The van der Waals surface area contributed by atoms with Crippen LogP contribution in [0.2, 0.25) is 0 Å². The van der Waals surface area contributed by atoms with Gasteiger partial charge in [-0.3, -0.25) is 9.78 Å². The van der Waals surface area contributed by atoms with Crippen LogP contribution in [0.3, 0.4) is 0 Å². The molecule has 0 saturated carbocycles. The number of thiocarbonyl (C=S) groups is 1. The Morgan fingerprint density at radius 2 is 1.96 bits per heavy atom. The van der Waals surface area contributed by atoms with E-state index in [2.05, 4.69) is 35.2 Å². The second-order valence-corrected chi connectivity index (χ2v) is 5.31. The first-order valence-electron chi connectivity index (χ1n) is 6.85. The number of nitrogens with one attached hydrogen (secondary N) is 4. The van der Waals surface area contributed by atoms with Gasteiger partial charge in [0.05, 0.1) is 17.2 Å². The summed E-state index contributed by atoms with van der Waals surface area (Å²) >= 11 is 5.28. The predicted molar refractivity (Wildman–Crippen MR) is 92.2 cm³/mol. The summed E-state index contributed by atoms with van der Waals surface area (Å²) < 4.78 is 0. The molecule has 0 bridgehead atoms. The average molecular weight is 339 g/mol. The van der Waals surface area contributed by atoms with Crippen LogP contribution in [0.4, 0.5) is 5.82 Å². The third-order valence-corrected chi connectivity index (χ3v) is 3.67. The lowest BCUT2D eigenvalue weighted by Crippen LogP contribution is -2.22. The van der Waals surface area contributed by atoms with Gasteiger partial charge in [0.2, 0.25) is 0 Å². The number of benzene rings is 1. The van der Waals surface area contributed by atoms with E-state index in [9.17, 15) is 9.59 Å². The van der Waals surface area contributed by atoms with Gasteiger partial charge in [-0.25, -0.2) is 14.8 Å². The second-order valence-electron chi connectivity index (χ2n) is 4.90. The van der Waals surface area contributed by atoms with E-state index in [0.717, 1.165) is 0 Å². The summed E-state index contributed by atoms with van der Waals surface area (Å²) in [7, 11) is 0. The van der Waals surface area contributed by atoms with E-state index in [1.807, 2.05) is 0 Å². The summed E-state index contributed by atoms with van der Waals surface area (Å²) in [5, 5.41) is 3.32. The Hall–Kier alpha value is -3.40. The molecule has 0 unspecified atom stereocenters. The van der Waals surface area contributed by atoms with Gasteiger partial charge in [-0.1, -0.05) is 24.4 Å². The Morgan fingerprint density at radius 3 is 2.83 bits per heavy atom. The summed E-state index contributed by atoms with van der Waals surface area (Å²) in [4.78, 5) is 43.8. The zero-order valence-corrected chi connectivity index (χ0v) is 12.8. The number of imidazole rings is 1. The fourth-order valence-corrected chi connectivity index (χ4v) is 2.51. The highest BCUT2D eigenvalue weighted by molar-refractivity contribution is 7.81. The average Bonchev–Trinajstić information content (AvgIpc) is 3.03. The lowest BCUT2D eigenvalue weighted by atomic mass is 10.2. The quantitative estimate of drug-likeness (QED) is 0.395. The Bertz CT molecular complexity index is 1210. The van der Waals surface area contributed by atoms with E-state index in [-0.39, 0.29) is 22.0 Å². The number of aromatic nitrogens is 6. The van der Waals surface area contributed by atoms with Crippen molar-refractivity contribution in [2.45, 2.75) is 0 Å². The smallest absolute Gasteiger partial charge is 0.340 e. The standard InChI is InChI=1S/C14H9N7O2S/c22-12-6-3-1-2-4-7(6)17-11(18-12)13(24)19-10-8-9(16-5-15-8)20-14(23)21-10/h1-5H,(H,17,18,22)(H3,15,16,19,20,21,23,24). The third-order valence-electron chi connectivity index (χ3n) is 3.38. The van der Waals surface area contributed by atoms with Gasteiger partial charge in [0.15, 0.2) is 11.5 Å². The molecule has 4 rings (SSSR count). The van der Waals surface area contributed by atoms with Crippen LogP contribution in [-0.4, -0.2) is 34.9 Å². The van der Waals surface area contributed by atoms with Gasteiger partial charge in [0.1, 0.15) is 16.3 Å². The fraction of sp³-hybridized carbons (Fsp3) is 0. The molecule has 0 aliphatic rings. The summed E-state index contributed by atoms with van der Waals surface area (Å²) in [5.74, 6) is 0.488. The zero-order chi connectivity index (χ0) is 16.7. The number of anilines is 1. The van der Waals surface area contributed by atoms with Crippen LogP contribution in [0.25, 0.3) is 22.1 Å². The molecule has 118 valence electrons. The van der Waals surface area contributed by atoms with Crippen molar-refractivity contribution in [1.29, 1.82) is 0 Å². The van der Waals surface area contributed by atoms with E-state index >= 15 is 0 Å². The molecule has 24 heavy (non-hydrogen) atoms. The fourth-order valence-electron chi connectivity index (χ4n) is 2.31. The molecule has 10 heteroatoms. The lowest BCUT2D eigenvalue weighted by molar-refractivity contribution is 1.10. The van der Waals surface area contributed by atoms with E-state index < -0.39 is 5.69 Å². The lowest BCUT2D eigenvalue weighted by Gasteiger charge is -2.08. The topological polar surface area (TPSA) is 132 Å². The summed E-state index contributed by atoms with van der Waals surface area (Å²) in [5.41, 5.74) is 0.397. The van der Waals surface area contributed by atoms with Gasteiger partial charge < -0.3 is 15.3 Å². The molecule has 3 aromatic heterocycles. The number of hydrogen-bond acceptors (Lipinski definition) is 6. The first-order valence-corrected chi connectivity index (χ1v) is 7.26. The maximum atomic E-state index is 12.1. The van der Waals surface area contributed by atoms with Crippen molar-refractivity contribution in [2.24, 2.45) is 0 Å². The minimum Gasteiger partial charge on any atom is -0.340 e. The summed E-state index contributed by atoms with van der Waals surface area (Å²) in [6.45, 7) is 0. The maximum absolute atomic E-state index is 12.1. The molecule has 4 aromatic rings. The van der Waals surface area contributed by atoms with Gasteiger partial charge in [0.25, 0.3) is 5.56 Å². The van der Waals surface area contributed by atoms with Crippen LogP contribution < -0.4 is 16.6 Å². The van der Waals surface area contributed by atoms with Crippen molar-refractivity contribution in [1.82, 2.24) is 29.9 Å². The molecule has 0 saturated heterocycles. The van der Waals surface area contributed by atoms with Gasteiger partial charge in [-0.05, 0) is 12.1 Å². The number of aromatic amines is 3. The Balaban J connectivity index is 1.78. The van der Waals surface area contributed by atoms with Gasteiger partial charge in [-0.2, -0.15) is 4.98 Å². The first kappa shape index (κ1) is 14.2. The van der Waals surface area contributed by atoms with Crippen molar-refractivity contribution in [2.75, 3.05) is 5.32 Å². The molecule has 0 amide bonds. The number of hydrogen-bond donors (Lipinski definition) is 4. The third kappa shape index (κ3) is 2.34. The number of fused-ring (bicyclic) bond motifs is 2. The molecular weight excluding hydrogens is 330 g/mol. The summed E-state index contributed by atoms with van der Waals surface area (Å²) in [6, 6.07) is 6.93. The molecule has 3 heterocycles. The van der Waals surface area contributed by atoms with Crippen molar-refractivity contribution in [3.63, 3.8) is 0 Å². The van der Waals surface area contributed by atoms with Crippen LogP contribution in [-0.2, 0) is 0 Å². The van der Waals surface area contributed by atoms with Crippen LogP contribution in [0.1, 0.15) is 5.82 Å². The van der Waals surface area contributed by atoms with Crippen molar-refractivity contribution in [3.8, 4) is 0 Å². The van der Waals surface area contributed by atoms with Gasteiger partial charge in [-0.15, -0.1) is 0 Å². The highest BCUT2D eigenvalue weighted by Gasteiger charge is 2.12. The van der Waals surface area contributed by atoms with Crippen molar-refractivity contribution < 1.29 is 0 Å². The second kappa shape index (κ2) is 5.35. The van der Waals surface area contributed by atoms with Crippen LogP contribution in [0.15, 0.2) is 40.2 Å². The molecule has 0 aliphatic carbocycles. The van der Waals surface area contributed by atoms with E-state index in [1.165, 1.54) is 6.33 Å². The van der Waals surface area contributed by atoms with Crippen molar-refractivity contribution in [3.05, 3.63) is 57.3 Å². The Kier molecular flexibility index (Phi) is 3.17. The van der Waals surface area contributed by atoms with Gasteiger partial charge >= 0.3 is 5.69 Å². The minimum absolute atomic E-state index is 0.149. The number of para-hydroxylation sites is 1. The Labute approximate surface area is 138 Å². The van der Waals surface area contributed by atoms with E-state index in [0.29, 0.717) is 22.2 Å². The highest BCUT2D eigenvalue weighted by Crippen LogP contribution is 2.14. The minimum atomic E-state index is -0.570. The molecule has 0 fully saturated rings. The maximum Gasteiger partial charge on any atom is 0.348 e. The SMILES string of the molecule is O=c1nc2nc[nH]c2c(NC(=S)c2nc3ccccc3c(=O)[nH]2)[nH]1. The molecule has 0 spiro atoms. The molecule has 0 atom stereocenters. The molecular formula is C14H9N7O2S. The number of H-pyrrole nitrogens is 3. The monoisotopic (exact) mass is 339 g/mol. The first-order chi connectivity index (χ1) is 11.6. The van der Waals surface area contributed by atoms with Crippen LogP contribution in [0, 0.1) is 0 Å². The van der Waals surface area contributed by atoms with E-state index in [1.54, 1.807) is 24.3 Å². The number of rotatable bonds is 2. The normalized spacial score (nSPS) is 11.0. The molecule has 0 aliphatic heterocycles. The predicted octanol–water partition coefficient (Wildman–Crippen LogP) is 0.670. The highest BCUT2D eigenvalue weighted by atomic mass is 32.1. The largest absolute Gasteiger partial charge is 0.348 e. The molecule has 0 radical (unpaired) electrons. The van der Waals surface area contributed by atoms with E-state index in [4.69, 9.17) is 12.2 Å². The molecule has 4 N–H and O–H groups in total. The Morgan fingerprint density at radius 1 is 1.12 bits per heavy atom. The molecule has 1 aromatic carbocycles. The van der Waals surface area contributed by atoms with Crippen LogP contribution >= 0.6 is 12.2 Å². The van der Waals surface area contributed by atoms with Crippen molar-refractivity contribution >= 4 is 45.1 Å². The number of nitrogens with zero attached hydrogens (tertiary/aromatic N) is 3.